The molecular formula is C11H17N. The molecule has 0 aromatic carbocycles. The summed E-state index contributed by atoms with van der Waals surface area (Å²) in [5.41, 5.74) is 1.39. The van der Waals surface area contributed by atoms with Crippen LogP contribution in [0.15, 0.2) is 24.5 Å². The molecule has 0 saturated carbocycles. The van der Waals surface area contributed by atoms with Gasteiger partial charge in [-0.1, -0.05) is 26.3 Å². The molecule has 66 valence electrons. The first-order valence-electron chi connectivity index (χ1n) is 4.78. The minimum Gasteiger partial charge on any atom is -0.264 e. The first-order chi connectivity index (χ1) is 5.88. The Labute approximate surface area is 74.8 Å². The van der Waals surface area contributed by atoms with Gasteiger partial charge in [0.1, 0.15) is 0 Å². The van der Waals surface area contributed by atoms with Gasteiger partial charge in [0.25, 0.3) is 0 Å². The van der Waals surface area contributed by atoms with Crippen molar-refractivity contribution in [2.75, 3.05) is 0 Å². The minimum absolute atomic E-state index is 0.712. The van der Waals surface area contributed by atoms with Crippen molar-refractivity contribution in [3.05, 3.63) is 30.1 Å². The highest BCUT2D eigenvalue weighted by molar-refractivity contribution is 5.13. The average Bonchev–Trinajstić information content (AvgIpc) is 2.15. The van der Waals surface area contributed by atoms with Crippen LogP contribution in [0, 0.1) is 0 Å². The van der Waals surface area contributed by atoms with Crippen LogP contribution < -0.4 is 0 Å². The molecule has 1 heteroatoms. The van der Waals surface area contributed by atoms with E-state index in [4.69, 9.17) is 0 Å². The predicted octanol–water partition coefficient (Wildman–Crippen LogP) is 3.38. The van der Waals surface area contributed by atoms with Gasteiger partial charge in [-0.05, 0) is 30.4 Å². The molecule has 0 spiro atoms. The standard InChI is InChI=1S/C11H17N/c1-3-6-10(4-2)11-7-5-8-12-9-11/h5,7-10H,3-4,6H2,1-2H3. The molecule has 1 atom stereocenters. The third-order valence-electron chi connectivity index (χ3n) is 2.29. The van der Waals surface area contributed by atoms with Gasteiger partial charge >= 0.3 is 0 Å². The zero-order valence-electron chi connectivity index (χ0n) is 7.96. The van der Waals surface area contributed by atoms with Crippen molar-refractivity contribution >= 4 is 0 Å². The van der Waals surface area contributed by atoms with Crippen molar-refractivity contribution in [3.8, 4) is 0 Å². The van der Waals surface area contributed by atoms with Gasteiger partial charge in [-0.2, -0.15) is 0 Å². The lowest BCUT2D eigenvalue weighted by atomic mass is 9.94. The fourth-order valence-corrected chi connectivity index (χ4v) is 1.57. The Morgan fingerprint density at radius 3 is 2.75 bits per heavy atom. The number of aromatic nitrogens is 1. The summed E-state index contributed by atoms with van der Waals surface area (Å²) in [5, 5.41) is 0. The number of hydrogen-bond acceptors (Lipinski definition) is 1. The van der Waals surface area contributed by atoms with Crippen LogP contribution in [0.1, 0.15) is 44.6 Å². The van der Waals surface area contributed by atoms with Gasteiger partial charge in [-0.3, -0.25) is 4.98 Å². The third-order valence-corrected chi connectivity index (χ3v) is 2.29. The molecule has 1 heterocycles. The molecule has 0 fully saturated rings. The molecule has 0 aliphatic heterocycles. The number of nitrogens with zero attached hydrogens (tertiary/aromatic N) is 1. The maximum Gasteiger partial charge on any atom is 0.0302 e. The molecule has 1 aromatic rings. The lowest BCUT2D eigenvalue weighted by Gasteiger charge is -2.12. The Morgan fingerprint density at radius 2 is 2.25 bits per heavy atom. The van der Waals surface area contributed by atoms with Crippen molar-refractivity contribution in [2.24, 2.45) is 0 Å². The van der Waals surface area contributed by atoms with Crippen molar-refractivity contribution in [3.63, 3.8) is 0 Å². The van der Waals surface area contributed by atoms with Gasteiger partial charge in [0.15, 0.2) is 0 Å². The van der Waals surface area contributed by atoms with E-state index in [0.717, 1.165) is 0 Å². The monoisotopic (exact) mass is 163 g/mol. The van der Waals surface area contributed by atoms with Crippen LogP contribution in [0.4, 0.5) is 0 Å². The Hall–Kier alpha value is -0.850. The van der Waals surface area contributed by atoms with E-state index in [-0.39, 0.29) is 0 Å². The van der Waals surface area contributed by atoms with Crippen LogP contribution in [0.3, 0.4) is 0 Å². The maximum atomic E-state index is 4.14. The fourth-order valence-electron chi connectivity index (χ4n) is 1.57. The van der Waals surface area contributed by atoms with E-state index in [1.807, 2.05) is 18.5 Å². The molecule has 0 amide bonds. The number of pyridine rings is 1. The van der Waals surface area contributed by atoms with E-state index in [1.54, 1.807) is 0 Å². The van der Waals surface area contributed by atoms with Gasteiger partial charge in [0, 0.05) is 12.4 Å². The van der Waals surface area contributed by atoms with E-state index in [2.05, 4.69) is 24.9 Å². The Kier molecular flexibility index (Phi) is 3.78. The van der Waals surface area contributed by atoms with Crippen molar-refractivity contribution in [2.45, 2.75) is 39.0 Å². The number of rotatable bonds is 4. The van der Waals surface area contributed by atoms with Crippen molar-refractivity contribution in [1.29, 1.82) is 0 Å². The zero-order chi connectivity index (χ0) is 8.81. The largest absolute Gasteiger partial charge is 0.264 e. The molecule has 0 N–H and O–H groups in total. The SMILES string of the molecule is CCCC(CC)c1cccnc1. The van der Waals surface area contributed by atoms with Crippen LogP contribution in [-0.4, -0.2) is 4.98 Å². The molecule has 1 aromatic heterocycles. The van der Waals surface area contributed by atoms with Gasteiger partial charge in [-0.25, -0.2) is 0 Å². The summed E-state index contributed by atoms with van der Waals surface area (Å²) in [6.07, 6.45) is 7.58. The van der Waals surface area contributed by atoms with Gasteiger partial charge in [0.05, 0.1) is 0 Å². The molecule has 0 aliphatic rings. The fraction of sp³-hybridized carbons (Fsp3) is 0.545. The molecule has 0 saturated heterocycles. The Morgan fingerprint density at radius 1 is 1.42 bits per heavy atom. The second-order valence-corrected chi connectivity index (χ2v) is 3.18. The quantitative estimate of drug-likeness (QED) is 0.663. The highest BCUT2D eigenvalue weighted by Gasteiger charge is 2.06. The smallest absolute Gasteiger partial charge is 0.0302 e. The Bertz CT molecular complexity index is 206. The van der Waals surface area contributed by atoms with Crippen molar-refractivity contribution < 1.29 is 0 Å². The summed E-state index contributed by atoms with van der Waals surface area (Å²) in [6.45, 7) is 4.48. The lowest BCUT2D eigenvalue weighted by Crippen LogP contribution is -1.96. The van der Waals surface area contributed by atoms with Crippen LogP contribution in [0.25, 0.3) is 0 Å². The molecule has 0 aliphatic carbocycles. The molecule has 0 radical (unpaired) electrons. The first-order valence-corrected chi connectivity index (χ1v) is 4.78. The first kappa shape index (κ1) is 9.24. The van der Waals surface area contributed by atoms with E-state index in [1.165, 1.54) is 24.8 Å². The van der Waals surface area contributed by atoms with Gasteiger partial charge in [0.2, 0.25) is 0 Å². The van der Waals surface area contributed by atoms with E-state index in [9.17, 15) is 0 Å². The van der Waals surface area contributed by atoms with Crippen LogP contribution in [0.2, 0.25) is 0 Å². The normalized spacial score (nSPS) is 12.8. The average molecular weight is 163 g/mol. The summed E-state index contributed by atoms with van der Waals surface area (Å²) < 4.78 is 0. The second kappa shape index (κ2) is 4.91. The Balaban J connectivity index is 2.66. The van der Waals surface area contributed by atoms with Crippen LogP contribution >= 0.6 is 0 Å². The van der Waals surface area contributed by atoms with E-state index >= 15 is 0 Å². The van der Waals surface area contributed by atoms with Crippen LogP contribution in [0.5, 0.6) is 0 Å². The summed E-state index contributed by atoms with van der Waals surface area (Å²) in [7, 11) is 0. The number of hydrogen-bond donors (Lipinski definition) is 0. The molecule has 12 heavy (non-hydrogen) atoms. The van der Waals surface area contributed by atoms with Crippen LogP contribution in [-0.2, 0) is 0 Å². The van der Waals surface area contributed by atoms with E-state index < -0.39 is 0 Å². The molecule has 1 rings (SSSR count). The minimum atomic E-state index is 0.712. The highest BCUT2D eigenvalue weighted by Crippen LogP contribution is 2.23. The molecule has 0 bridgehead atoms. The predicted molar refractivity (Wildman–Crippen MR) is 52.2 cm³/mol. The summed E-state index contributed by atoms with van der Waals surface area (Å²) in [6, 6.07) is 4.20. The summed E-state index contributed by atoms with van der Waals surface area (Å²) in [4.78, 5) is 4.14. The van der Waals surface area contributed by atoms with E-state index in [0.29, 0.717) is 5.92 Å². The molecule has 1 nitrogen and oxygen atoms in total. The molecule has 1 unspecified atom stereocenters. The topological polar surface area (TPSA) is 12.9 Å². The van der Waals surface area contributed by atoms with Gasteiger partial charge < -0.3 is 0 Å². The summed E-state index contributed by atoms with van der Waals surface area (Å²) in [5.74, 6) is 0.712. The summed E-state index contributed by atoms with van der Waals surface area (Å²) >= 11 is 0. The highest BCUT2D eigenvalue weighted by atomic mass is 14.6. The molecular weight excluding hydrogens is 146 g/mol. The van der Waals surface area contributed by atoms with Gasteiger partial charge in [-0.15, -0.1) is 0 Å². The lowest BCUT2D eigenvalue weighted by molar-refractivity contribution is 0.594. The maximum absolute atomic E-state index is 4.14. The third kappa shape index (κ3) is 2.33. The second-order valence-electron chi connectivity index (χ2n) is 3.18. The zero-order valence-corrected chi connectivity index (χ0v) is 7.96. The van der Waals surface area contributed by atoms with Crippen molar-refractivity contribution in [1.82, 2.24) is 4.98 Å².